The Kier molecular flexibility index (Phi) is 7.55. The Labute approximate surface area is 177 Å². The monoisotopic (exact) mass is 436 g/mol. The summed E-state index contributed by atoms with van der Waals surface area (Å²) in [6, 6.07) is 8.73. The zero-order valence-electron chi connectivity index (χ0n) is 18.1. The molecule has 8 nitrogen and oxygen atoms in total. The number of anilines is 1. The maximum atomic E-state index is 12.6. The normalized spacial score (nSPS) is 11.0. The first kappa shape index (κ1) is 23.3. The molecule has 0 aromatic heterocycles. The molecule has 1 N–H and O–H groups in total. The van der Waals surface area contributed by atoms with Gasteiger partial charge in [-0.1, -0.05) is 6.07 Å². The van der Waals surface area contributed by atoms with Gasteiger partial charge in [0.1, 0.15) is 6.54 Å². The molecule has 0 saturated heterocycles. The standard InChI is InChI=1S/C21H28N2O6S/c1-14-7-9-17(11-15(14)2)23(30(6,25)26)13-19(24)22-12-16-8-10-18(27-3)21(29-5)20(16)28-4/h7-11H,12-13H2,1-6H3,(H,22,24). The maximum absolute atomic E-state index is 12.6. The number of carbonyl (C=O) groups is 1. The second-order valence-corrected chi connectivity index (χ2v) is 8.72. The Bertz CT molecular complexity index is 1020. The van der Waals surface area contributed by atoms with E-state index < -0.39 is 15.9 Å². The van der Waals surface area contributed by atoms with Crippen LogP contribution in [-0.4, -0.2) is 48.5 Å². The molecule has 0 radical (unpaired) electrons. The molecule has 2 aromatic carbocycles. The van der Waals surface area contributed by atoms with Gasteiger partial charge < -0.3 is 19.5 Å². The minimum Gasteiger partial charge on any atom is -0.493 e. The van der Waals surface area contributed by atoms with Crippen molar-refractivity contribution in [3.05, 3.63) is 47.0 Å². The van der Waals surface area contributed by atoms with Gasteiger partial charge in [0.2, 0.25) is 21.7 Å². The fourth-order valence-electron chi connectivity index (χ4n) is 2.96. The highest BCUT2D eigenvalue weighted by Gasteiger charge is 2.22. The van der Waals surface area contributed by atoms with E-state index in [1.807, 2.05) is 19.9 Å². The van der Waals surface area contributed by atoms with E-state index in [0.29, 0.717) is 28.5 Å². The third-order valence-corrected chi connectivity index (χ3v) is 5.87. The molecule has 0 atom stereocenters. The molecule has 1 amide bonds. The number of nitrogens with zero attached hydrogens (tertiary/aromatic N) is 1. The van der Waals surface area contributed by atoms with Gasteiger partial charge in [0, 0.05) is 12.1 Å². The van der Waals surface area contributed by atoms with Crippen molar-refractivity contribution in [1.82, 2.24) is 5.32 Å². The molecule has 0 bridgehead atoms. The second kappa shape index (κ2) is 9.71. The highest BCUT2D eigenvalue weighted by Crippen LogP contribution is 2.39. The Morgan fingerprint density at radius 3 is 2.17 bits per heavy atom. The van der Waals surface area contributed by atoms with E-state index in [1.54, 1.807) is 24.3 Å². The Morgan fingerprint density at radius 1 is 0.967 bits per heavy atom. The zero-order chi connectivity index (χ0) is 22.5. The first-order chi connectivity index (χ1) is 14.1. The molecule has 164 valence electrons. The number of amides is 1. The zero-order valence-corrected chi connectivity index (χ0v) is 18.9. The van der Waals surface area contributed by atoms with Gasteiger partial charge in [0.15, 0.2) is 11.5 Å². The lowest BCUT2D eigenvalue weighted by atomic mass is 10.1. The van der Waals surface area contributed by atoms with Crippen LogP contribution in [0.5, 0.6) is 17.2 Å². The van der Waals surface area contributed by atoms with Crippen LogP contribution < -0.4 is 23.8 Å². The number of aryl methyl sites for hydroxylation is 2. The molecule has 2 aromatic rings. The van der Waals surface area contributed by atoms with Crippen LogP contribution in [0.25, 0.3) is 0 Å². The van der Waals surface area contributed by atoms with Gasteiger partial charge in [0.25, 0.3) is 0 Å². The minimum atomic E-state index is -3.65. The lowest BCUT2D eigenvalue weighted by Crippen LogP contribution is -2.40. The summed E-state index contributed by atoms with van der Waals surface area (Å²) in [5.74, 6) is 0.906. The van der Waals surface area contributed by atoms with E-state index in [2.05, 4.69) is 5.32 Å². The Balaban J connectivity index is 2.20. The van der Waals surface area contributed by atoms with Crippen LogP contribution in [-0.2, 0) is 21.4 Å². The largest absolute Gasteiger partial charge is 0.493 e. The van der Waals surface area contributed by atoms with Gasteiger partial charge in [-0.2, -0.15) is 0 Å². The van der Waals surface area contributed by atoms with Crippen molar-refractivity contribution in [3.63, 3.8) is 0 Å². The van der Waals surface area contributed by atoms with Crippen molar-refractivity contribution in [1.29, 1.82) is 0 Å². The predicted octanol–water partition coefficient (Wildman–Crippen LogP) is 2.41. The van der Waals surface area contributed by atoms with E-state index in [1.165, 1.54) is 21.3 Å². The van der Waals surface area contributed by atoms with E-state index in [9.17, 15) is 13.2 Å². The summed E-state index contributed by atoms with van der Waals surface area (Å²) in [6.07, 6.45) is 1.08. The molecule has 30 heavy (non-hydrogen) atoms. The van der Waals surface area contributed by atoms with Crippen LogP contribution >= 0.6 is 0 Å². The molecular formula is C21H28N2O6S. The van der Waals surface area contributed by atoms with Crippen LogP contribution in [0.4, 0.5) is 5.69 Å². The summed E-state index contributed by atoms with van der Waals surface area (Å²) in [5.41, 5.74) is 3.09. The van der Waals surface area contributed by atoms with E-state index in [-0.39, 0.29) is 13.1 Å². The van der Waals surface area contributed by atoms with Gasteiger partial charge in [0.05, 0.1) is 33.3 Å². The first-order valence-corrected chi connectivity index (χ1v) is 11.1. The summed E-state index contributed by atoms with van der Waals surface area (Å²) >= 11 is 0. The summed E-state index contributed by atoms with van der Waals surface area (Å²) in [5, 5.41) is 2.74. The molecule has 0 heterocycles. The third-order valence-electron chi connectivity index (χ3n) is 4.73. The van der Waals surface area contributed by atoms with E-state index >= 15 is 0 Å². The van der Waals surface area contributed by atoms with Crippen LogP contribution in [0.2, 0.25) is 0 Å². The van der Waals surface area contributed by atoms with Crippen LogP contribution in [0.3, 0.4) is 0 Å². The number of nitrogens with one attached hydrogen (secondary N) is 1. The first-order valence-electron chi connectivity index (χ1n) is 9.21. The molecule has 2 rings (SSSR count). The lowest BCUT2D eigenvalue weighted by molar-refractivity contribution is -0.119. The van der Waals surface area contributed by atoms with Crippen LogP contribution in [0.15, 0.2) is 30.3 Å². The SMILES string of the molecule is COc1ccc(CNC(=O)CN(c2ccc(C)c(C)c2)S(C)(=O)=O)c(OC)c1OC. The summed E-state index contributed by atoms with van der Waals surface area (Å²) in [6.45, 7) is 3.62. The van der Waals surface area contributed by atoms with Crippen LogP contribution in [0, 0.1) is 13.8 Å². The van der Waals surface area contributed by atoms with Gasteiger partial charge >= 0.3 is 0 Å². The Morgan fingerprint density at radius 2 is 1.63 bits per heavy atom. The fraction of sp³-hybridized carbons (Fsp3) is 0.381. The van der Waals surface area contributed by atoms with Crippen LogP contribution in [0.1, 0.15) is 16.7 Å². The molecule has 0 unspecified atom stereocenters. The third kappa shape index (κ3) is 5.35. The van der Waals surface area contributed by atoms with Crippen molar-refractivity contribution < 1.29 is 27.4 Å². The molecular weight excluding hydrogens is 408 g/mol. The van der Waals surface area contributed by atoms with Crippen molar-refractivity contribution in [2.45, 2.75) is 20.4 Å². The molecule has 0 aliphatic carbocycles. The average Bonchev–Trinajstić information content (AvgIpc) is 2.70. The summed E-state index contributed by atoms with van der Waals surface area (Å²) < 4.78 is 41.7. The molecule has 0 aliphatic rings. The maximum Gasteiger partial charge on any atom is 0.241 e. The fourth-order valence-corrected chi connectivity index (χ4v) is 3.81. The topological polar surface area (TPSA) is 94.2 Å². The van der Waals surface area contributed by atoms with Crippen molar-refractivity contribution in [3.8, 4) is 17.2 Å². The molecule has 0 saturated carbocycles. The number of sulfonamides is 1. The van der Waals surface area contributed by atoms with E-state index in [4.69, 9.17) is 14.2 Å². The van der Waals surface area contributed by atoms with Crippen molar-refractivity contribution in [2.75, 3.05) is 38.4 Å². The highest BCUT2D eigenvalue weighted by atomic mass is 32.2. The average molecular weight is 437 g/mol. The quantitative estimate of drug-likeness (QED) is 0.649. The molecule has 9 heteroatoms. The molecule has 0 fully saturated rings. The number of benzene rings is 2. The van der Waals surface area contributed by atoms with Crippen molar-refractivity contribution >= 4 is 21.6 Å². The van der Waals surface area contributed by atoms with Gasteiger partial charge in [-0.15, -0.1) is 0 Å². The number of ether oxygens (including phenoxy) is 3. The molecule has 0 aliphatic heterocycles. The highest BCUT2D eigenvalue weighted by molar-refractivity contribution is 7.92. The number of methoxy groups -OCH3 is 3. The number of hydrogen-bond donors (Lipinski definition) is 1. The van der Waals surface area contributed by atoms with Gasteiger partial charge in [-0.05, 0) is 49.2 Å². The van der Waals surface area contributed by atoms with Gasteiger partial charge in [-0.25, -0.2) is 8.42 Å². The minimum absolute atomic E-state index is 0.132. The molecule has 0 spiro atoms. The second-order valence-electron chi connectivity index (χ2n) is 6.81. The number of carbonyl (C=O) groups excluding carboxylic acids is 1. The van der Waals surface area contributed by atoms with E-state index in [0.717, 1.165) is 21.7 Å². The smallest absolute Gasteiger partial charge is 0.241 e. The van der Waals surface area contributed by atoms with Crippen molar-refractivity contribution in [2.24, 2.45) is 0 Å². The predicted molar refractivity (Wildman–Crippen MR) is 116 cm³/mol. The number of rotatable bonds is 9. The summed E-state index contributed by atoms with van der Waals surface area (Å²) in [4.78, 5) is 12.6. The lowest BCUT2D eigenvalue weighted by Gasteiger charge is -2.23. The Hall–Kier alpha value is -2.94. The van der Waals surface area contributed by atoms with Gasteiger partial charge in [-0.3, -0.25) is 9.10 Å². The number of hydrogen-bond acceptors (Lipinski definition) is 6. The summed E-state index contributed by atoms with van der Waals surface area (Å²) in [7, 11) is 0.862.